The Labute approximate surface area is 149 Å². The minimum Gasteiger partial charge on any atom is -0.489 e. The average Bonchev–Trinajstić information content (AvgIpc) is 2.56. The number of benzene rings is 2. The zero-order chi connectivity index (χ0) is 14.9. The summed E-state index contributed by atoms with van der Waals surface area (Å²) in [5, 5.41) is 6.26. The van der Waals surface area contributed by atoms with Gasteiger partial charge in [-0.25, -0.2) is 0 Å². The first-order valence-corrected chi connectivity index (χ1v) is 6.96. The first-order chi connectivity index (χ1) is 10.3. The number of para-hydroxylation sites is 1. The van der Waals surface area contributed by atoms with Gasteiger partial charge in [-0.2, -0.15) is 0 Å². The van der Waals surface area contributed by atoms with Gasteiger partial charge in [0.2, 0.25) is 0 Å². The minimum absolute atomic E-state index is 0. The maximum absolute atomic E-state index is 5.82. The molecule has 0 aliphatic heterocycles. The monoisotopic (exact) mass is 411 g/mol. The van der Waals surface area contributed by atoms with Crippen molar-refractivity contribution >= 4 is 29.9 Å². The highest BCUT2D eigenvalue weighted by atomic mass is 127. The number of guanidine groups is 1. The van der Waals surface area contributed by atoms with E-state index >= 15 is 0 Å². The van der Waals surface area contributed by atoms with Gasteiger partial charge in [0, 0.05) is 20.6 Å². The number of rotatable bonds is 5. The molecule has 0 spiro atoms. The molecule has 0 aliphatic rings. The van der Waals surface area contributed by atoms with E-state index in [1.807, 2.05) is 49.5 Å². The fourth-order valence-electron chi connectivity index (χ4n) is 2.01. The van der Waals surface area contributed by atoms with Crippen molar-refractivity contribution in [1.82, 2.24) is 10.6 Å². The second kappa shape index (κ2) is 10.0. The third-order valence-corrected chi connectivity index (χ3v) is 3.16. The van der Waals surface area contributed by atoms with Gasteiger partial charge in [-0.05, 0) is 23.3 Å². The summed E-state index contributed by atoms with van der Waals surface area (Å²) >= 11 is 0. The van der Waals surface area contributed by atoms with Crippen LogP contribution in [-0.4, -0.2) is 20.1 Å². The normalized spacial score (nSPS) is 10.5. The van der Waals surface area contributed by atoms with Crippen molar-refractivity contribution in [2.24, 2.45) is 4.99 Å². The zero-order valence-corrected chi connectivity index (χ0v) is 15.2. The van der Waals surface area contributed by atoms with Crippen LogP contribution >= 0.6 is 24.0 Å². The summed E-state index contributed by atoms with van der Waals surface area (Å²) in [6.45, 7) is 1.27. The van der Waals surface area contributed by atoms with Crippen LogP contribution in [0, 0.1) is 0 Å². The zero-order valence-electron chi connectivity index (χ0n) is 12.9. The van der Waals surface area contributed by atoms with Crippen molar-refractivity contribution in [3.8, 4) is 5.75 Å². The third kappa shape index (κ3) is 5.55. The van der Waals surface area contributed by atoms with Crippen molar-refractivity contribution in [2.45, 2.75) is 13.2 Å². The van der Waals surface area contributed by atoms with Gasteiger partial charge in [0.1, 0.15) is 12.4 Å². The molecule has 0 heterocycles. The summed E-state index contributed by atoms with van der Waals surface area (Å²) in [5.74, 6) is 1.65. The van der Waals surface area contributed by atoms with E-state index in [2.05, 4.69) is 27.8 Å². The molecule has 0 bridgehead atoms. The Morgan fingerprint density at radius 3 is 2.27 bits per heavy atom. The van der Waals surface area contributed by atoms with Gasteiger partial charge in [-0.3, -0.25) is 4.99 Å². The number of nitrogens with zero attached hydrogens (tertiary/aromatic N) is 1. The Bertz CT molecular complexity index is 587. The van der Waals surface area contributed by atoms with Crippen LogP contribution in [0.25, 0.3) is 0 Å². The Kier molecular flexibility index (Phi) is 8.35. The summed E-state index contributed by atoms with van der Waals surface area (Å²) in [4.78, 5) is 4.11. The molecule has 2 rings (SSSR count). The Balaban J connectivity index is 0.00000242. The van der Waals surface area contributed by atoms with Gasteiger partial charge in [-0.15, -0.1) is 24.0 Å². The first-order valence-electron chi connectivity index (χ1n) is 6.96. The van der Waals surface area contributed by atoms with Gasteiger partial charge >= 0.3 is 0 Å². The standard InChI is InChI=1S/C17H21N3O.HI/c1-18-17(19-2)20-12-14-8-6-7-9-15(14)13-21-16-10-4-3-5-11-16;/h3-11H,12-13H2,1-2H3,(H2,18,19,20);1H. The summed E-state index contributed by atoms with van der Waals surface area (Å²) in [7, 11) is 3.60. The molecule has 2 aromatic rings. The molecule has 0 aliphatic carbocycles. The molecule has 0 saturated carbocycles. The predicted molar refractivity (Wildman–Crippen MR) is 102 cm³/mol. The maximum Gasteiger partial charge on any atom is 0.190 e. The molecular weight excluding hydrogens is 389 g/mol. The minimum atomic E-state index is 0. The number of nitrogens with one attached hydrogen (secondary N) is 2. The second-order valence-electron chi connectivity index (χ2n) is 4.55. The molecule has 2 N–H and O–H groups in total. The van der Waals surface area contributed by atoms with Gasteiger partial charge in [0.05, 0.1) is 0 Å². The van der Waals surface area contributed by atoms with Crippen molar-refractivity contribution < 1.29 is 4.74 Å². The molecule has 0 aromatic heterocycles. The molecule has 4 nitrogen and oxygen atoms in total. The molecule has 0 radical (unpaired) electrons. The lowest BCUT2D eigenvalue weighted by molar-refractivity contribution is 0.305. The van der Waals surface area contributed by atoms with E-state index in [1.54, 1.807) is 7.05 Å². The summed E-state index contributed by atoms with van der Waals surface area (Å²) in [6.07, 6.45) is 0. The highest BCUT2D eigenvalue weighted by Crippen LogP contribution is 2.14. The fourth-order valence-corrected chi connectivity index (χ4v) is 2.01. The lowest BCUT2D eigenvalue weighted by Gasteiger charge is -2.13. The highest BCUT2D eigenvalue weighted by Gasteiger charge is 2.03. The van der Waals surface area contributed by atoms with E-state index in [4.69, 9.17) is 4.74 Å². The number of hydrogen-bond donors (Lipinski definition) is 2. The smallest absolute Gasteiger partial charge is 0.190 e. The fraction of sp³-hybridized carbons (Fsp3) is 0.235. The van der Waals surface area contributed by atoms with Crippen LogP contribution in [0.3, 0.4) is 0 Å². The molecule has 5 heteroatoms. The van der Waals surface area contributed by atoms with Crippen LogP contribution in [0.4, 0.5) is 0 Å². The van der Waals surface area contributed by atoms with Crippen molar-refractivity contribution in [3.63, 3.8) is 0 Å². The van der Waals surface area contributed by atoms with Gasteiger partial charge in [0.15, 0.2) is 5.96 Å². The number of halogens is 1. The van der Waals surface area contributed by atoms with E-state index in [0.717, 1.165) is 11.7 Å². The lowest BCUT2D eigenvalue weighted by atomic mass is 10.1. The van der Waals surface area contributed by atoms with Crippen LogP contribution in [0.1, 0.15) is 11.1 Å². The van der Waals surface area contributed by atoms with Crippen LogP contribution in [0.5, 0.6) is 5.75 Å². The first kappa shape index (κ1) is 18.3. The quantitative estimate of drug-likeness (QED) is 0.452. The third-order valence-electron chi connectivity index (χ3n) is 3.16. The molecule has 0 fully saturated rings. The van der Waals surface area contributed by atoms with Crippen molar-refractivity contribution in [3.05, 3.63) is 65.7 Å². The van der Waals surface area contributed by atoms with Gasteiger partial charge in [-0.1, -0.05) is 42.5 Å². The number of hydrogen-bond acceptors (Lipinski definition) is 2. The Morgan fingerprint density at radius 2 is 1.64 bits per heavy atom. The number of aliphatic imine (C=N–C) groups is 1. The number of ether oxygens (including phenoxy) is 1. The van der Waals surface area contributed by atoms with Crippen LogP contribution in [0.15, 0.2) is 59.6 Å². The van der Waals surface area contributed by atoms with E-state index in [1.165, 1.54) is 11.1 Å². The van der Waals surface area contributed by atoms with Crippen molar-refractivity contribution in [1.29, 1.82) is 0 Å². The molecule has 2 aromatic carbocycles. The van der Waals surface area contributed by atoms with Crippen LogP contribution in [-0.2, 0) is 13.2 Å². The molecular formula is C17H22IN3O. The van der Waals surface area contributed by atoms with Crippen molar-refractivity contribution in [2.75, 3.05) is 14.1 Å². The van der Waals surface area contributed by atoms with E-state index < -0.39 is 0 Å². The SMILES string of the molecule is CN=C(NC)NCc1ccccc1COc1ccccc1.I. The van der Waals surface area contributed by atoms with Crippen LogP contribution in [0.2, 0.25) is 0 Å². The molecule has 0 saturated heterocycles. The molecule has 0 amide bonds. The summed E-state index contributed by atoms with van der Waals surface area (Å²) in [6, 6.07) is 18.1. The molecule has 118 valence electrons. The van der Waals surface area contributed by atoms with Gasteiger partial charge in [0.25, 0.3) is 0 Å². The predicted octanol–water partition coefficient (Wildman–Crippen LogP) is 3.18. The highest BCUT2D eigenvalue weighted by molar-refractivity contribution is 14.0. The Morgan fingerprint density at radius 1 is 1.00 bits per heavy atom. The topological polar surface area (TPSA) is 45.7 Å². The molecule has 0 atom stereocenters. The molecule has 22 heavy (non-hydrogen) atoms. The van der Waals surface area contributed by atoms with E-state index in [9.17, 15) is 0 Å². The summed E-state index contributed by atoms with van der Waals surface area (Å²) < 4.78 is 5.82. The second-order valence-corrected chi connectivity index (χ2v) is 4.55. The maximum atomic E-state index is 5.82. The summed E-state index contributed by atoms with van der Waals surface area (Å²) in [5.41, 5.74) is 2.37. The molecule has 0 unspecified atom stereocenters. The van der Waals surface area contributed by atoms with Crippen LogP contribution < -0.4 is 15.4 Å². The average molecular weight is 411 g/mol. The van der Waals surface area contributed by atoms with Gasteiger partial charge < -0.3 is 15.4 Å². The largest absolute Gasteiger partial charge is 0.489 e. The van der Waals surface area contributed by atoms with E-state index in [0.29, 0.717) is 13.2 Å². The Hall–Kier alpha value is -1.76. The lowest BCUT2D eigenvalue weighted by Crippen LogP contribution is -2.34. The van der Waals surface area contributed by atoms with E-state index in [-0.39, 0.29) is 24.0 Å².